The van der Waals surface area contributed by atoms with Gasteiger partial charge >= 0.3 is 0 Å². The van der Waals surface area contributed by atoms with E-state index >= 15 is 0 Å². The Hall–Kier alpha value is -2.61. The van der Waals surface area contributed by atoms with Crippen LogP contribution >= 0.6 is 11.3 Å². The molecule has 0 spiro atoms. The van der Waals surface area contributed by atoms with Crippen molar-refractivity contribution in [2.45, 2.75) is 26.3 Å². The lowest BCUT2D eigenvalue weighted by molar-refractivity contribution is 0.0945. The molecule has 23 heavy (non-hydrogen) atoms. The SMILES string of the molecule is CCCc1nc(C(=O)NCc2nnnn2-c2ccccc2)cs1. The molecule has 0 saturated carbocycles. The summed E-state index contributed by atoms with van der Waals surface area (Å²) in [4.78, 5) is 16.5. The molecule has 2 aromatic heterocycles. The highest BCUT2D eigenvalue weighted by Crippen LogP contribution is 2.12. The molecule has 0 fully saturated rings. The molecule has 0 aliphatic carbocycles. The number of nitrogens with zero attached hydrogens (tertiary/aromatic N) is 5. The summed E-state index contributed by atoms with van der Waals surface area (Å²) >= 11 is 1.51. The van der Waals surface area contributed by atoms with Crippen LogP contribution in [0.2, 0.25) is 0 Å². The molecule has 0 bridgehead atoms. The summed E-state index contributed by atoms with van der Waals surface area (Å²) in [6.45, 7) is 2.33. The van der Waals surface area contributed by atoms with Gasteiger partial charge in [-0.2, -0.15) is 4.68 Å². The van der Waals surface area contributed by atoms with Gasteiger partial charge in [0, 0.05) is 5.38 Å². The molecule has 0 unspecified atom stereocenters. The van der Waals surface area contributed by atoms with Crippen LogP contribution in [0.15, 0.2) is 35.7 Å². The molecule has 3 rings (SSSR count). The van der Waals surface area contributed by atoms with Gasteiger partial charge in [-0.25, -0.2) is 4.98 Å². The van der Waals surface area contributed by atoms with Gasteiger partial charge in [0.05, 0.1) is 17.2 Å². The van der Waals surface area contributed by atoms with Crippen LogP contribution in [0.5, 0.6) is 0 Å². The van der Waals surface area contributed by atoms with E-state index in [1.807, 2.05) is 30.3 Å². The first kappa shape index (κ1) is 15.3. The second kappa shape index (κ2) is 7.10. The van der Waals surface area contributed by atoms with Crippen LogP contribution in [0, 0.1) is 0 Å². The Labute approximate surface area is 137 Å². The molecular formula is C15H16N6OS. The van der Waals surface area contributed by atoms with Crippen molar-refractivity contribution < 1.29 is 4.79 Å². The second-order valence-corrected chi connectivity index (χ2v) is 5.84. The van der Waals surface area contributed by atoms with E-state index in [9.17, 15) is 4.79 Å². The Morgan fingerprint density at radius 2 is 2.13 bits per heavy atom. The third kappa shape index (κ3) is 3.59. The summed E-state index contributed by atoms with van der Waals surface area (Å²) in [5, 5.41) is 17.2. The van der Waals surface area contributed by atoms with Gasteiger partial charge in [-0.05, 0) is 35.4 Å². The van der Waals surface area contributed by atoms with Crippen LogP contribution in [0.3, 0.4) is 0 Å². The topological polar surface area (TPSA) is 85.6 Å². The van der Waals surface area contributed by atoms with E-state index in [1.54, 1.807) is 10.1 Å². The van der Waals surface area contributed by atoms with Crippen molar-refractivity contribution in [3.05, 3.63) is 52.2 Å². The Bertz CT molecular complexity index is 782. The van der Waals surface area contributed by atoms with E-state index in [2.05, 4.69) is 32.7 Å². The molecule has 1 N–H and O–H groups in total. The summed E-state index contributed by atoms with van der Waals surface area (Å²) in [6, 6.07) is 9.54. The highest BCUT2D eigenvalue weighted by atomic mass is 32.1. The molecule has 1 aromatic carbocycles. The number of carbonyl (C=O) groups is 1. The van der Waals surface area contributed by atoms with Gasteiger partial charge < -0.3 is 5.32 Å². The number of rotatable bonds is 6. The van der Waals surface area contributed by atoms with E-state index in [-0.39, 0.29) is 12.5 Å². The molecular weight excluding hydrogens is 312 g/mol. The maximum Gasteiger partial charge on any atom is 0.271 e. The van der Waals surface area contributed by atoms with Crippen LogP contribution in [0.4, 0.5) is 0 Å². The minimum atomic E-state index is -0.216. The summed E-state index contributed by atoms with van der Waals surface area (Å²) in [6.07, 6.45) is 1.91. The number of aryl methyl sites for hydroxylation is 1. The Balaban J connectivity index is 1.67. The highest BCUT2D eigenvalue weighted by Gasteiger charge is 2.13. The van der Waals surface area contributed by atoms with Crippen molar-refractivity contribution in [1.82, 2.24) is 30.5 Å². The number of benzene rings is 1. The molecule has 0 atom stereocenters. The zero-order valence-electron chi connectivity index (χ0n) is 12.6. The van der Waals surface area contributed by atoms with E-state index in [0.29, 0.717) is 11.5 Å². The van der Waals surface area contributed by atoms with E-state index < -0.39 is 0 Å². The number of hydrogen-bond acceptors (Lipinski definition) is 6. The van der Waals surface area contributed by atoms with Crippen molar-refractivity contribution in [3.8, 4) is 5.69 Å². The van der Waals surface area contributed by atoms with Crippen LogP contribution in [0.25, 0.3) is 5.69 Å². The van der Waals surface area contributed by atoms with E-state index in [4.69, 9.17) is 0 Å². The van der Waals surface area contributed by atoms with Crippen LogP contribution in [-0.2, 0) is 13.0 Å². The summed E-state index contributed by atoms with van der Waals surface area (Å²) < 4.78 is 1.60. The number of tetrazole rings is 1. The molecule has 0 saturated heterocycles. The quantitative estimate of drug-likeness (QED) is 0.748. The van der Waals surface area contributed by atoms with Crippen LogP contribution in [0.1, 0.15) is 34.7 Å². The third-order valence-corrected chi connectivity index (χ3v) is 4.10. The maximum absolute atomic E-state index is 12.2. The molecule has 2 heterocycles. The highest BCUT2D eigenvalue weighted by molar-refractivity contribution is 7.09. The molecule has 7 nitrogen and oxygen atoms in total. The second-order valence-electron chi connectivity index (χ2n) is 4.90. The van der Waals surface area contributed by atoms with E-state index in [0.717, 1.165) is 23.5 Å². The first-order valence-corrected chi connectivity index (χ1v) is 8.21. The fraction of sp³-hybridized carbons (Fsp3) is 0.267. The molecule has 8 heteroatoms. The zero-order valence-corrected chi connectivity index (χ0v) is 13.5. The monoisotopic (exact) mass is 328 g/mol. The Kier molecular flexibility index (Phi) is 4.72. The summed E-state index contributed by atoms with van der Waals surface area (Å²) in [5.41, 5.74) is 1.29. The Morgan fingerprint density at radius 3 is 2.91 bits per heavy atom. The lowest BCUT2D eigenvalue weighted by atomic mass is 10.3. The number of amides is 1. The summed E-state index contributed by atoms with van der Waals surface area (Å²) in [7, 11) is 0. The third-order valence-electron chi connectivity index (χ3n) is 3.19. The fourth-order valence-corrected chi connectivity index (χ4v) is 2.96. The average Bonchev–Trinajstić information content (AvgIpc) is 3.23. The maximum atomic E-state index is 12.2. The van der Waals surface area contributed by atoms with Crippen molar-refractivity contribution in [3.63, 3.8) is 0 Å². The largest absolute Gasteiger partial charge is 0.343 e. The Morgan fingerprint density at radius 1 is 1.30 bits per heavy atom. The smallest absolute Gasteiger partial charge is 0.271 e. The number of hydrogen-bond donors (Lipinski definition) is 1. The minimum Gasteiger partial charge on any atom is -0.343 e. The van der Waals surface area contributed by atoms with Gasteiger partial charge in [0.2, 0.25) is 0 Å². The van der Waals surface area contributed by atoms with Gasteiger partial charge in [0.15, 0.2) is 5.82 Å². The van der Waals surface area contributed by atoms with Gasteiger partial charge in [0.1, 0.15) is 5.69 Å². The van der Waals surface area contributed by atoms with Crippen molar-refractivity contribution in [1.29, 1.82) is 0 Å². The van der Waals surface area contributed by atoms with Gasteiger partial charge in [0.25, 0.3) is 5.91 Å². The normalized spacial score (nSPS) is 10.7. The first-order valence-electron chi connectivity index (χ1n) is 7.33. The molecule has 1 amide bonds. The minimum absolute atomic E-state index is 0.216. The zero-order chi connectivity index (χ0) is 16.1. The number of carbonyl (C=O) groups excluding carboxylic acids is 1. The lowest BCUT2D eigenvalue weighted by Crippen LogP contribution is -2.25. The van der Waals surface area contributed by atoms with Gasteiger partial charge in [-0.15, -0.1) is 16.4 Å². The lowest BCUT2D eigenvalue weighted by Gasteiger charge is -2.05. The average molecular weight is 328 g/mol. The molecule has 0 radical (unpaired) electrons. The van der Waals surface area contributed by atoms with Gasteiger partial charge in [-0.1, -0.05) is 25.1 Å². The fourth-order valence-electron chi connectivity index (χ4n) is 2.08. The predicted molar refractivity (Wildman–Crippen MR) is 86.4 cm³/mol. The van der Waals surface area contributed by atoms with Gasteiger partial charge in [-0.3, -0.25) is 4.79 Å². The molecule has 3 aromatic rings. The van der Waals surface area contributed by atoms with Crippen molar-refractivity contribution in [2.24, 2.45) is 0 Å². The summed E-state index contributed by atoms with van der Waals surface area (Å²) in [5.74, 6) is 0.347. The van der Waals surface area contributed by atoms with Crippen LogP contribution in [-0.4, -0.2) is 31.1 Å². The van der Waals surface area contributed by atoms with Crippen molar-refractivity contribution in [2.75, 3.05) is 0 Å². The molecule has 0 aliphatic rings. The van der Waals surface area contributed by atoms with Crippen LogP contribution < -0.4 is 5.32 Å². The number of nitrogens with one attached hydrogen (secondary N) is 1. The number of thiazole rings is 1. The number of para-hydroxylation sites is 1. The predicted octanol–water partition coefficient (Wildman–Crippen LogP) is 2.00. The molecule has 118 valence electrons. The van der Waals surface area contributed by atoms with Crippen molar-refractivity contribution >= 4 is 17.2 Å². The van der Waals surface area contributed by atoms with E-state index in [1.165, 1.54) is 11.3 Å². The number of aromatic nitrogens is 5. The first-order chi connectivity index (χ1) is 11.3. The standard InChI is InChI=1S/C15H16N6OS/c1-2-6-14-17-12(10-23-14)15(22)16-9-13-18-19-20-21(13)11-7-4-3-5-8-11/h3-5,7-8,10H,2,6,9H2,1H3,(H,16,22). The molecule has 0 aliphatic heterocycles.